The van der Waals surface area contributed by atoms with Crippen molar-refractivity contribution in [2.45, 2.75) is 97.2 Å². The van der Waals surface area contributed by atoms with Gasteiger partial charge in [0.05, 0.1) is 12.2 Å². The Morgan fingerprint density at radius 3 is 2.41 bits per heavy atom. The molecular formula is C26H43NO5. The van der Waals surface area contributed by atoms with Gasteiger partial charge in [0.25, 0.3) is 0 Å². The maximum Gasteiger partial charge on any atom is 0.322 e. The molecule has 0 unspecified atom stereocenters. The molecule has 0 aromatic rings. The summed E-state index contributed by atoms with van der Waals surface area (Å²) in [6.07, 6.45) is 9.06. The summed E-state index contributed by atoms with van der Waals surface area (Å²) in [5.74, 6) is 1.66. The number of nitrogens with one attached hydrogen (secondary N) is 1. The molecule has 6 nitrogen and oxygen atoms in total. The molecular weight excluding hydrogens is 406 g/mol. The molecule has 1 amide bonds. The fourth-order valence-corrected chi connectivity index (χ4v) is 9.00. The van der Waals surface area contributed by atoms with Crippen LogP contribution in [0.1, 0.15) is 85.0 Å². The first kappa shape index (κ1) is 24.0. The van der Waals surface area contributed by atoms with Gasteiger partial charge in [-0.1, -0.05) is 20.8 Å². The summed E-state index contributed by atoms with van der Waals surface area (Å²) in [5, 5.41) is 32.8. The number of hydrogen-bond donors (Lipinski definition) is 4. The van der Waals surface area contributed by atoms with Gasteiger partial charge in [0.1, 0.15) is 6.54 Å². The van der Waals surface area contributed by atoms with Crippen molar-refractivity contribution in [1.82, 2.24) is 5.32 Å². The van der Waals surface area contributed by atoms with Crippen molar-refractivity contribution in [2.75, 3.05) is 6.54 Å². The average Bonchev–Trinajstić information content (AvgIpc) is 3.09. The highest BCUT2D eigenvalue weighted by atomic mass is 16.4. The van der Waals surface area contributed by atoms with Gasteiger partial charge in [-0.25, -0.2) is 0 Å². The molecule has 4 fully saturated rings. The van der Waals surface area contributed by atoms with Crippen LogP contribution < -0.4 is 5.32 Å². The van der Waals surface area contributed by atoms with E-state index in [1.807, 2.05) is 0 Å². The summed E-state index contributed by atoms with van der Waals surface area (Å²) >= 11 is 0. The summed E-state index contributed by atoms with van der Waals surface area (Å²) in [7, 11) is 0. The van der Waals surface area contributed by atoms with Gasteiger partial charge in [-0.3, -0.25) is 9.59 Å². The molecule has 0 aliphatic heterocycles. The molecule has 6 heteroatoms. The SMILES string of the molecule is C[C@H](CCC(=O)NCC(=O)O)[C@H]1CC[C@@H]2[C@@H]3[C@H](O)C[C@@H]4C[C@@H](O)CC[C@]4(C)[C@H]3CC[C@@]21C. The molecule has 4 saturated carbocycles. The van der Waals surface area contributed by atoms with E-state index in [1.165, 1.54) is 12.8 Å². The molecule has 4 aliphatic carbocycles. The number of aliphatic carboxylic acids is 1. The second kappa shape index (κ2) is 8.90. The van der Waals surface area contributed by atoms with E-state index in [9.17, 15) is 19.8 Å². The predicted molar refractivity (Wildman–Crippen MR) is 122 cm³/mol. The number of carboxylic acids is 1. The van der Waals surface area contributed by atoms with E-state index in [-0.39, 0.29) is 35.5 Å². The number of amides is 1. The number of aliphatic hydroxyl groups is 2. The molecule has 4 N–H and O–H groups in total. The fraction of sp³-hybridized carbons (Fsp3) is 0.923. The molecule has 0 saturated heterocycles. The summed E-state index contributed by atoms with van der Waals surface area (Å²) in [6, 6.07) is 0. The van der Waals surface area contributed by atoms with Crippen molar-refractivity contribution in [1.29, 1.82) is 0 Å². The number of aliphatic hydroxyl groups excluding tert-OH is 2. The first-order valence-electron chi connectivity index (χ1n) is 12.9. The lowest BCUT2D eigenvalue weighted by Gasteiger charge is -2.62. The Kier molecular flexibility index (Phi) is 6.68. The van der Waals surface area contributed by atoms with Crippen LogP contribution in [0.15, 0.2) is 0 Å². The van der Waals surface area contributed by atoms with Crippen LogP contribution in [0.5, 0.6) is 0 Å². The van der Waals surface area contributed by atoms with Crippen LogP contribution in [-0.2, 0) is 9.59 Å². The van der Waals surface area contributed by atoms with Gasteiger partial charge in [-0.2, -0.15) is 0 Å². The second-order valence-electron chi connectivity index (χ2n) is 12.1. The lowest BCUT2D eigenvalue weighted by atomic mass is 9.43. The van der Waals surface area contributed by atoms with Gasteiger partial charge in [0, 0.05) is 6.42 Å². The van der Waals surface area contributed by atoms with E-state index in [4.69, 9.17) is 5.11 Å². The standard InChI is InChI=1S/C26H43NO5/c1-15(4-7-22(30)27-14-23(31)32)18-5-6-19-24-20(9-11-26(18,19)3)25(2)10-8-17(28)12-16(25)13-21(24)29/h15-21,24,28-29H,4-14H2,1-3H3,(H,27,30)(H,31,32)/t15-,16+,17+,18-,19-,20+,21-,24+,25+,26-/m1/s1. The quantitative estimate of drug-likeness (QED) is 0.496. The van der Waals surface area contributed by atoms with Crippen LogP contribution in [0, 0.1) is 46.3 Å². The minimum absolute atomic E-state index is 0.177. The zero-order chi connectivity index (χ0) is 23.3. The van der Waals surface area contributed by atoms with E-state index in [0.717, 1.165) is 44.9 Å². The number of hydrogen-bond acceptors (Lipinski definition) is 4. The molecule has 4 aliphatic rings. The molecule has 0 radical (unpaired) electrons. The van der Waals surface area contributed by atoms with Gasteiger partial charge in [-0.05, 0) is 104 Å². The normalized spacial score (nSPS) is 46.5. The van der Waals surface area contributed by atoms with Crippen LogP contribution in [0.3, 0.4) is 0 Å². The molecule has 0 aromatic heterocycles. The highest BCUT2D eigenvalue weighted by molar-refractivity contribution is 5.81. The number of fused-ring (bicyclic) bond motifs is 5. The number of carbonyl (C=O) groups is 2. The van der Waals surface area contributed by atoms with Crippen molar-refractivity contribution in [3.05, 3.63) is 0 Å². The zero-order valence-corrected chi connectivity index (χ0v) is 20.1. The lowest BCUT2D eigenvalue weighted by Crippen LogP contribution is -2.58. The maximum atomic E-state index is 12.0. The first-order chi connectivity index (χ1) is 15.1. The Bertz CT molecular complexity index is 727. The van der Waals surface area contributed by atoms with Gasteiger partial charge in [0.2, 0.25) is 5.91 Å². The first-order valence-corrected chi connectivity index (χ1v) is 12.9. The second-order valence-corrected chi connectivity index (χ2v) is 12.1. The van der Waals surface area contributed by atoms with E-state index >= 15 is 0 Å². The lowest BCUT2D eigenvalue weighted by molar-refractivity contribution is -0.174. The van der Waals surface area contributed by atoms with Gasteiger partial charge >= 0.3 is 5.97 Å². The Hall–Kier alpha value is -1.14. The van der Waals surface area contributed by atoms with Crippen molar-refractivity contribution in [3.8, 4) is 0 Å². The summed E-state index contributed by atoms with van der Waals surface area (Å²) in [4.78, 5) is 22.7. The van der Waals surface area contributed by atoms with E-state index < -0.39 is 5.97 Å². The van der Waals surface area contributed by atoms with Crippen molar-refractivity contribution < 1.29 is 24.9 Å². The average molecular weight is 450 g/mol. The van der Waals surface area contributed by atoms with Gasteiger partial charge < -0.3 is 20.6 Å². The van der Waals surface area contributed by atoms with Crippen LogP contribution in [0.25, 0.3) is 0 Å². The third-order valence-electron chi connectivity index (χ3n) is 10.7. The molecule has 0 spiro atoms. The number of carbonyl (C=O) groups excluding carboxylic acids is 1. The predicted octanol–water partition coefficient (Wildman–Crippen LogP) is 3.59. The highest BCUT2D eigenvalue weighted by Gasteiger charge is 2.62. The molecule has 0 aromatic carbocycles. The van der Waals surface area contributed by atoms with E-state index in [2.05, 4.69) is 26.1 Å². The highest BCUT2D eigenvalue weighted by Crippen LogP contribution is 2.68. The third-order valence-corrected chi connectivity index (χ3v) is 10.7. The summed E-state index contributed by atoms with van der Waals surface area (Å²) in [5.41, 5.74) is 0.451. The summed E-state index contributed by atoms with van der Waals surface area (Å²) < 4.78 is 0. The van der Waals surface area contributed by atoms with E-state index in [0.29, 0.717) is 41.9 Å². The van der Waals surface area contributed by atoms with Crippen molar-refractivity contribution in [3.63, 3.8) is 0 Å². The number of carboxylic acid groups (broad SMARTS) is 1. The molecule has 0 bridgehead atoms. The van der Waals surface area contributed by atoms with Crippen molar-refractivity contribution >= 4 is 11.9 Å². The monoisotopic (exact) mass is 449 g/mol. The molecule has 4 rings (SSSR count). The Balaban J connectivity index is 1.44. The molecule has 0 heterocycles. The molecule has 32 heavy (non-hydrogen) atoms. The van der Waals surface area contributed by atoms with Crippen LogP contribution in [0.4, 0.5) is 0 Å². The Morgan fingerprint density at radius 2 is 1.69 bits per heavy atom. The van der Waals surface area contributed by atoms with E-state index in [1.54, 1.807) is 0 Å². The topological polar surface area (TPSA) is 107 Å². The van der Waals surface area contributed by atoms with Crippen LogP contribution in [0.2, 0.25) is 0 Å². The smallest absolute Gasteiger partial charge is 0.322 e. The maximum absolute atomic E-state index is 12.0. The number of rotatable bonds is 6. The largest absolute Gasteiger partial charge is 0.480 e. The fourth-order valence-electron chi connectivity index (χ4n) is 9.00. The minimum Gasteiger partial charge on any atom is -0.480 e. The minimum atomic E-state index is -1.01. The van der Waals surface area contributed by atoms with Crippen LogP contribution in [-0.4, -0.2) is 45.9 Å². The molecule has 182 valence electrons. The molecule has 10 atom stereocenters. The van der Waals surface area contributed by atoms with Gasteiger partial charge in [0.15, 0.2) is 0 Å². The Labute approximate surface area is 192 Å². The third kappa shape index (κ3) is 4.11. The van der Waals surface area contributed by atoms with Crippen molar-refractivity contribution in [2.24, 2.45) is 46.3 Å². The summed E-state index contributed by atoms with van der Waals surface area (Å²) in [6.45, 7) is 6.83. The van der Waals surface area contributed by atoms with Crippen LogP contribution >= 0.6 is 0 Å². The van der Waals surface area contributed by atoms with Gasteiger partial charge in [-0.15, -0.1) is 0 Å². The zero-order valence-electron chi connectivity index (χ0n) is 20.1. The Morgan fingerprint density at radius 1 is 1.00 bits per heavy atom.